The number of ether oxygens (including phenoxy) is 1. The van der Waals surface area contributed by atoms with Crippen molar-refractivity contribution in [2.75, 3.05) is 27.2 Å². The van der Waals surface area contributed by atoms with Crippen LogP contribution in [0, 0.1) is 0 Å². The standard InChI is InChI=1S/C17H23NO2/c1-18(2)10-11-20-17(19)13-14-8-9-15-6-4-3-5-7-16(15)12-14/h5,7-9,12H,3-4,6,10-11,13H2,1-2H3. The minimum absolute atomic E-state index is 0.149. The fraction of sp³-hybridized carbons (Fsp3) is 0.471. The van der Waals surface area contributed by atoms with Crippen LogP contribution >= 0.6 is 0 Å². The first-order valence-electron chi connectivity index (χ1n) is 7.24. The summed E-state index contributed by atoms with van der Waals surface area (Å²) in [6.07, 6.45) is 8.20. The van der Waals surface area contributed by atoms with Crippen LogP contribution in [0.2, 0.25) is 0 Å². The smallest absolute Gasteiger partial charge is 0.310 e. The molecule has 108 valence electrons. The minimum Gasteiger partial charge on any atom is -0.464 e. The molecule has 0 saturated carbocycles. The monoisotopic (exact) mass is 273 g/mol. The van der Waals surface area contributed by atoms with Crippen LogP contribution in [0.1, 0.15) is 29.5 Å². The fourth-order valence-electron chi connectivity index (χ4n) is 2.32. The molecule has 1 aromatic carbocycles. The van der Waals surface area contributed by atoms with E-state index in [4.69, 9.17) is 4.74 Å². The third-order valence-corrected chi connectivity index (χ3v) is 3.47. The summed E-state index contributed by atoms with van der Waals surface area (Å²) in [4.78, 5) is 13.8. The van der Waals surface area contributed by atoms with Crippen molar-refractivity contribution in [1.82, 2.24) is 4.90 Å². The van der Waals surface area contributed by atoms with E-state index in [0.29, 0.717) is 13.0 Å². The number of esters is 1. The third-order valence-electron chi connectivity index (χ3n) is 3.47. The van der Waals surface area contributed by atoms with E-state index in [1.165, 1.54) is 17.5 Å². The molecule has 0 amide bonds. The molecule has 0 spiro atoms. The second-order valence-electron chi connectivity index (χ2n) is 5.53. The first-order valence-corrected chi connectivity index (χ1v) is 7.24. The van der Waals surface area contributed by atoms with Gasteiger partial charge in [-0.25, -0.2) is 0 Å². The normalized spacial score (nSPS) is 13.9. The molecule has 2 rings (SSSR count). The predicted molar refractivity (Wildman–Crippen MR) is 81.6 cm³/mol. The van der Waals surface area contributed by atoms with Crippen LogP contribution in [0.25, 0.3) is 6.08 Å². The summed E-state index contributed by atoms with van der Waals surface area (Å²) in [6, 6.07) is 6.31. The molecule has 0 aliphatic heterocycles. The Balaban J connectivity index is 1.93. The van der Waals surface area contributed by atoms with E-state index in [-0.39, 0.29) is 5.97 Å². The Hall–Kier alpha value is -1.61. The van der Waals surface area contributed by atoms with Gasteiger partial charge in [-0.15, -0.1) is 0 Å². The van der Waals surface area contributed by atoms with E-state index >= 15 is 0 Å². The van der Waals surface area contributed by atoms with Gasteiger partial charge in [0.05, 0.1) is 6.42 Å². The molecule has 3 nitrogen and oxygen atoms in total. The highest BCUT2D eigenvalue weighted by Crippen LogP contribution is 2.20. The van der Waals surface area contributed by atoms with Gasteiger partial charge in [-0.05, 0) is 50.0 Å². The number of hydrogen-bond donors (Lipinski definition) is 0. The molecule has 0 heterocycles. The number of rotatable bonds is 5. The van der Waals surface area contributed by atoms with Crippen LogP contribution in [0.4, 0.5) is 0 Å². The number of benzene rings is 1. The van der Waals surface area contributed by atoms with Crippen molar-refractivity contribution in [2.24, 2.45) is 0 Å². The van der Waals surface area contributed by atoms with Crippen LogP contribution < -0.4 is 0 Å². The van der Waals surface area contributed by atoms with Crippen molar-refractivity contribution in [3.8, 4) is 0 Å². The van der Waals surface area contributed by atoms with E-state index in [0.717, 1.165) is 24.9 Å². The Bertz CT molecular complexity index is 492. The molecule has 0 aromatic heterocycles. The predicted octanol–water partition coefficient (Wildman–Crippen LogP) is 2.68. The van der Waals surface area contributed by atoms with Crippen LogP contribution in [0.5, 0.6) is 0 Å². The van der Waals surface area contributed by atoms with Crippen LogP contribution in [-0.4, -0.2) is 38.1 Å². The van der Waals surface area contributed by atoms with Crippen LogP contribution in [0.3, 0.4) is 0 Å². The van der Waals surface area contributed by atoms with Gasteiger partial charge in [-0.1, -0.05) is 30.4 Å². The average Bonchev–Trinajstić information content (AvgIpc) is 2.62. The van der Waals surface area contributed by atoms with Crippen LogP contribution in [0.15, 0.2) is 24.3 Å². The summed E-state index contributed by atoms with van der Waals surface area (Å²) in [6.45, 7) is 1.22. The van der Waals surface area contributed by atoms with Gasteiger partial charge in [-0.3, -0.25) is 4.79 Å². The Morgan fingerprint density at radius 2 is 2.20 bits per heavy atom. The summed E-state index contributed by atoms with van der Waals surface area (Å²) < 4.78 is 5.23. The highest BCUT2D eigenvalue weighted by Gasteiger charge is 2.08. The summed E-state index contributed by atoms with van der Waals surface area (Å²) in [5, 5.41) is 0. The van der Waals surface area contributed by atoms with Gasteiger partial charge in [0.2, 0.25) is 0 Å². The summed E-state index contributed by atoms with van der Waals surface area (Å²) >= 11 is 0. The number of carbonyl (C=O) groups is 1. The summed E-state index contributed by atoms with van der Waals surface area (Å²) in [7, 11) is 3.93. The molecule has 0 radical (unpaired) electrons. The number of likely N-dealkylation sites (N-methyl/N-ethyl adjacent to an activating group) is 1. The van der Waals surface area contributed by atoms with Gasteiger partial charge in [0, 0.05) is 6.54 Å². The van der Waals surface area contributed by atoms with Gasteiger partial charge in [-0.2, -0.15) is 0 Å². The van der Waals surface area contributed by atoms with E-state index in [2.05, 4.69) is 24.3 Å². The lowest BCUT2D eigenvalue weighted by Gasteiger charge is -2.10. The second-order valence-corrected chi connectivity index (χ2v) is 5.53. The van der Waals surface area contributed by atoms with Gasteiger partial charge >= 0.3 is 5.97 Å². The summed E-state index contributed by atoms with van der Waals surface area (Å²) in [5.41, 5.74) is 3.66. The fourth-order valence-corrected chi connectivity index (χ4v) is 2.32. The number of nitrogens with zero attached hydrogens (tertiary/aromatic N) is 1. The molecule has 3 heteroatoms. The molecule has 0 atom stereocenters. The number of carbonyl (C=O) groups excluding carboxylic acids is 1. The average molecular weight is 273 g/mol. The van der Waals surface area contributed by atoms with E-state index in [9.17, 15) is 4.79 Å². The maximum Gasteiger partial charge on any atom is 0.310 e. The van der Waals surface area contributed by atoms with Crippen molar-refractivity contribution < 1.29 is 9.53 Å². The van der Waals surface area contributed by atoms with Crippen LogP contribution in [-0.2, 0) is 22.4 Å². The summed E-state index contributed by atoms with van der Waals surface area (Å²) in [5.74, 6) is -0.149. The second kappa shape index (κ2) is 7.25. The SMILES string of the molecule is CN(C)CCOC(=O)Cc1ccc2c(c1)C=CCCC2. The molecule has 0 unspecified atom stereocenters. The Kier molecular flexibility index (Phi) is 5.36. The highest BCUT2D eigenvalue weighted by atomic mass is 16.5. The molecule has 0 saturated heterocycles. The molecule has 1 aliphatic carbocycles. The number of allylic oxidation sites excluding steroid dienone is 1. The molecule has 0 bridgehead atoms. The third kappa shape index (κ3) is 4.49. The molecular formula is C17H23NO2. The zero-order valence-electron chi connectivity index (χ0n) is 12.4. The Labute approximate surface area is 121 Å². The van der Waals surface area contributed by atoms with Gasteiger partial charge < -0.3 is 9.64 Å². The van der Waals surface area contributed by atoms with E-state index in [1.54, 1.807) is 0 Å². The lowest BCUT2D eigenvalue weighted by molar-refractivity contribution is -0.143. The van der Waals surface area contributed by atoms with Gasteiger partial charge in [0.1, 0.15) is 6.61 Å². The molecule has 1 aliphatic rings. The van der Waals surface area contributed by atoms with Gasteiger partial charge in [0.15, 0.2) is 0 Å². The molecule has 0 fully saturated rings. The molecule has 0 N–H and O–H groups in total. The highest BCUT2D eigenvalue weighted by molar-refractivity contribution is 5.73. The van der Waals surface area contributed by atoms with Crippen molar-refractivity contribution in [1.29, 1.82) is 0 Å². The first-order chi connectivity index (χ1) is 9.65. The maximum atomic E-state index is 11.8. The quantitative estimate of drug-likeness (QED) is 0.773. The first kappa shape index (κ1) is 14.8. The number of aryl methyl sites for hydroxylation is 1. The molecular weight excluding hydrogens is 250 g/mol. The number of fused-ring (bicyclic) bond motifs is 1. The lowest BCUT2D eigenvalue weighted by atomic mass is 10.0. The Morgan fingerprint density at radius 3 is 3.00 bits per heavy atom. The van der Waals surface area contributed by atoms with Crippen molar-refractivity contribution in [3.63, 3.8) is 0 Å². The van der Waals surface area contributed by atoms with Crippen molar-refractivity contribution in [3.05, 3.63) is 41.0 Å². The molecule has 1 aromatic rings. The maximum absolute atomic E-state index is 11.8. The minimum atomic E-state index is -0.149. The largest absolute Gasteiger partial charge is 0.464 e. The van der Waals surface area contributed by atoms with E-state index in [1.807, 2.05) is 25.1 Å². The Morgan fingerprint density at radius 1 is 1.35 bits per heavy atom. The number of hydrogen-bond acceptors (Lipinski definition) is 3. The zero-order valence-corrected chi connectivity index (χ0v) is 12.4. The van der Waals surface area contributed by atoms with E-state index < -0.39 is 0 Å². The lowest BCUT2D eigenvalue weighted by Crippen LogP contribution is -2.20. The van der Waals surface area contributed by atoms with Crippen molar-refractivity contribution in [2.45, 2.75) is 25.7 Å². The molecule has 20 heavy (non-hydrogen) atoms. The zero-order chi connectivity index (χ0) is 14.4. The van der Waals surface area contributed by atoms with Crippen molar-refractivity contribution >= 4 is 12.0 Å². The van der Waals surface area contributed by atoms with Gasteiger partial charge in [0.25, 0.3) is 0 Å². The topological polar surface area (TPSA) is 29.5 Å².